The van der Waals surface area contributed by atoms with Crippen LogP contribution in [0.5, 0.6) is 0 Å². The summed E-state index contributed by atoms with van der Waals surface area (Å²) in [6.45, 7) is 0. The van der Waals surface area contributed by atoms with Gasteiger partial charge in [-0.25, -0.2) is 0 Å². The first-order valence-corrected chi connectivity index (χ1v) is 7.71. The van der Waals surface area contributed by atoms with Gasteiger partial charge >= 0.3 is 0 Å². The highest BCUT2D eigenvalue weighted by Gasteiger charge is 2.26. The first-order chi connectivity index (χ1) is 12.1. The number of aromatic nitrogens is 2. The maximum atomic E-state index is 12.3. The SMILES string of the molecule is NC(=O)c1c(-c2ccncc2)noc1NC(=O)C(Cl)c1ccccc1. The zero-order chi connectivity index (χ0) is 17.8. The lowest BCUT2D eigenvalue weighted by atomic mass is 10.1. The van der Waals surface area contributed by atoms with Crippen LogP contribution in [0.1, 0.15) is 21.3 Å². The van der Waals surface area contributed by atoms with Crippen molar-refractivity contribution in [2.24, 2.45) is 5.73 Å². The molecule has 2 amide bonds. The molecule has 0 radical (unpaired) electrons. The van der Waals surface area contributed by atoms with Crippen LogP contribution in [0.3, 0.4) is 0 Å². The third-order valence-corrected chi connectivity index (χ3v) is 3.90. The monoisotopic (exact) mass is 356 g/mol. The third-order valence-electron chi connectivity index (χ3n) is 3.45. The second-order valence-electron chi connectivity index (χ2n) is 5.10. The van der Waals surface area contributed by atoms with Crippen LogP contribution in [0.2, 0.25) is 0 Å². The van der Waals surface area contributed by atoms with E-state index in [1.807, 2.05) is 6.07 Å². The number of primary amides is 1. The standard InChI is InChI=1S/C17H13ClN4O3/c18-13(10-4-2-1-3-5-10)16(24)21-17-12(15(19)23)14(22-25-17)11-6-8-20-9-7-11/h1-9,13H,(H2,19,23)(H,21,24). The predicted molar refractivity (Wildman–Crippen MR) is 91.9 cm³/mol. The van der Waals surface area contributed by atoms with Crippen molar-refractivity contribution in [1.29, 1.82) is 0 Å². The molecule has 0 aliphatic rings. The second-order valence-corrected chi connectivity index (χ2v) is 5.53. The number of halogens is 1. The third kappa shape index (κ3) is 3.51. The molecule has 25 heavy (non-hydrogen) atoms. The van der Waals surface area contributed by atoms with E-state index in [-0.39, 0.29) is 17.1 Å². The van der Waals surface area contributed by atoms with Gasteiger partial charge in [0.2, 0.25) is 11.8 Å². The molecule has 0 bridgehead atoms. The summed E-state index contributed by atoms with van der Waals surface area (Å²) in [4.78, 5) is 28.1. The largest absolute Gasteiger partial charge is 0.365 e. The van der Waals surface area contributed by atoms with Gasteiger partial charge in [0.25, 0.3) is 5.91 Å². The molecule has 0 aliphatic heterocycles. The Morgan fingerprint density at radius 3 is 2.44 bits per heavy atom. The Kier molecular flexibility index (Phi) is 4.76. The summed E-state index contributed by atoms with van der Waals surface area (Å²) >= 11 is 6.16. The lowest BCUT2D eigenvalue weighted by Crippen LogP contribution is -2.20. The fourth-order valence-corrected chi connectivity index (χ4v) is 2.46. The molecule has 2 aromatic heterocycles. The van der Waals surface area contributed by atoms with Crippen molar-refractivity contribution < 1.29 is 14.1 Å². The fraction of sp³-hybridized carbons (Fsp3) is 0.0588. The smallest absolute Gasteiger partial charge is 0.256 e. The van der Waals surface area contributed by atoms with Crippen LogP contribution < -0.4 is 11.1 Å². The minimum atomic E-state index is -0.962. The Labute approximate surface area is 147 Å². The molecule has 126 valence electrons. The van der Waals surface area contributed by atoms with Gasteiger partial charge in [-0.15, -0.1) is 11.6 Å². The number of nitrogens with one attached hydrogen (secondary N) is 1. The van der Waals surface area contributed by atoms with E-state index in [9.17, 15) is 9.59 Å². The molecule has 3 N–H and O–H groups in total. The number of rotatable bonds is 5. The van der Waals surface area contributed by atoms with E-state index < -0.39 is 17.2 Å². The van der Waals surface area contributed by atoms with Gasteiger partial charge in [0.1, 0.15) is 16.6 Å². The Hall–Kier alpha value is -3.19. The summed E-state index contributed by atoms with van der Waals surface area (Å²) in [6, 6.07) is 12.1. The minimum absolute atomic E-state index is 0.0310. The molecule has 3 rings (SSSR count). The van der Waals surface area contributed by atoms with Crippen molar-refractivity contribution in [3.8, 4) is 11.3 Å². The lowest BCUT2D eigenvalue weighted by molar-refractivity contribution is -0.116. The number of nitrogens with zero attached hydrogens (tertiary/aromatic N) is 2. The molecular formula is C17H13ClN4O3. The van der Waals surface area contributed by atoms with Crippen LogP contribution in [0, 0.1) is 0 Å². The van der Waals surface area contributed by atoms with Crippen molar-refractivity contribution in [2.45, 2.75) is 5.38 Å². The average Bonchev–Trinajstić information content (AvgIpc) is 3.06. The molecule has 1 aromatic carbocycles. The molecule has 1 unspecified atom stereocenters. The van der Waals surface area contributed by atoms with Crippen molar-refractivity contribution in [3.05, 3.63) is 66.0 Å². The molecule has 0 fully saturated rings. The number of nitrogens with two attached hydrogens (primary N) is 1. The number of carbonyl (C=O) groups excluding carboxylic acids is 2. The van der Waals surface area contributed by atoms with Crippen LogP contribution in [-0.4, -0.2) is 22.0 Å². The number of hydrogen-bond donors (Lipinski definition) is 2. The zero-order valence-electron chi connectivity index (χ0n) is 12.8. The Balaban J connectivity index is 1.89. The van der Waals surface area contributed by atoms with Gasteiger partial charge in [0.15, 0.2) is 0 Å². The van der Waals surface area contributed by atoms with Crippen LogP contribution in [-0.2, 0) is 4.79 Å². The number of hydrogen-bond acceptors (Lipinski definition) is 5. The molecule has 3 aromatic rings. The number of pyridine rings is 1. The number of anilines is 1. The van der Waals surface area contributed by atoms with E-state index >= 15 is 0 Å². The average molecular weight is 357 g/mol. The van der Waals surface area contributed by atoms with E-state index in [0.717, 1.165) is 0 Å². The Morgan fingerprint density at radius 2 is 1.80 bits per heavy atom. The fourth-order valence-electron chi connectivity index (χ4n) is 2.26. The van der Waals surface area contributed by atoms with Crippen LogP contribution >= 0.6 is 11.6 Å². The molecule has 2 heterocycles. The maximum Gasteiger partial charge on any atom is 0.256 e. The van der Waals surface area contributed by atoms with Crippen molar-refractivity contribution in [2.75, 3.05) is 5.32 Å². The van der Waals surface area contributed by atoms with E-state index in [1.165, 1.54) is 12.4 Å². The normalized spacial score (nSPS) is 11.7. The van der Waals surface area contributed by atoms with E-state index in [1.54, 1.807) is 36.4 Å². The molecule has 0 aliphatic carbocycles. The highest BCUT2D eigenvalue weighted by atomic mass is 35.5. The molecular weight excluding hydrogens is 344 g/mol. The summed E-state index contributed by atoms with van der Waals surface area (Å²) in [6.07, 6.45) is 3.08. The summed E-state index contributed by atoms with van der Waals surface area (Å²) < 4.78 is 5.11. The van der Waals surface area contributed by atoms with Gasteiger partial charge in [-0.1, -0.05) is 35.5 Å². The lowest BCUT2D eigenvalue weighted by Gasteiger charge is -2.09. The quantitative estimate of drug-likeness (QED) is 0.683. The molecule has 7 nitrogen and oxygen atoms in total. The molecule has 0 saturated carbocycles. The summed E-state index contributed by atoms with van der Waals surface area (Å²) in [5.74, 6) is -1.49. The van der Waals surface area contributed by atoms with Crippen molar-refractivity contribution in [3.63, 3.8) is 0 Å². The van der Waals surface area contributed by atoms with Gasteiger partial charge in [-0.3, -0.25) is 19.9 Å². The number of amides is 2. The van der Waals surface area contributed by atoms with Gasteiger partial charge < -0.3 is 10.3 Å². The van der Waals surface area contributed by atoms with E-state index in [2.05, 4.69) is 15.5 Å². The van der Waals surface area contributed by atoms with Gasteiger partial charge in [-0.05, 0) is 17.7 Å². The first-order valence-electron chi connectivity index (χ1n) is 7.27. The number of alkyl halides is 1. The molecule has 0 saturated heterocycles. The maximum absolute atomic E-state index is 12.3. The first kappa shape index (κ1) is 16.7. The van der Waals surface area contributed by atoms with Crippen LogP contribution in [0.15, 0.2) is 59.4 Å². The number of benzene rings is 1. The zero-order valence-corrected chi connectivity index (χ0v) is 13.6. The van der Waals surface area contributed by atoms with Crippen LogP contribution in [0.25, 0.3) is 11.3 Å². The molecule has 0 spiro atoms. The highest BCUT2D eigenvalue weighted by Crippen LogP contribution is 2.30. The Morgan fingerprint density at radius 1 is 1.12 bits per heavy atom. The summed E-state index contributed by atoms with van der Waals surface area (Å²) in [5.41, 5.74) is 6.80. The van der Waals surface area contributed by atoms with E-state index in [0.29, 0.717) is 11.1 Å². The van der Waals surface area contributed by atoms with Crippen molar-refractivity contribution >= 4 is 29.3 Å². The van der Waals surface area contributed by atoms with Crippen molar-refractivity contribution in [1.82, 2.24) is 10.1 Å². The Bertz CT molecular complexity index is 897. The minimum Gasteiger partial charge on any atom is -0.365 e. The molecule has 1 atom stereocenters. The predicted octanol–water partition coefficient (Wildman–Crippen LogP) is 2.75. The van der Waals surface area contributed by atoms with Gasteiger partial charge in [0, 0.05) is 18.0 Å². The summed E-state index contributed by atoms with van der Waals surface area (Å²) in [5, 5.41) is 5.33. The highest BCUT2D eigenvalue weighted by molar-refractivity contribution is 6.32. The summed E-state index contributed by atoms with van der Waals surface area (Å²) in [7, 11) is 0. The number of carbonyl (C=O) groups is 2. The van der Waals surface area contributed by atoms with Crippen LogP contribution in [0.4, 0.5) is 5.88 Å². The molecule has 8 heteroatoms. The van der Waals surface area contributed by atoms with Gasteiger partial charge in [0.05, 0.1) is 0 Å². The van der Waals surface area contributed by atoms with E-state index in [4.69, 9.17) is 21.9 Å². The topological polar surface area (TPSA) is 111 Å². The van der Waals surface area contributed by atoms with Gasteiger partial charge in [-0.2, -0.15) is 0 Å². The second kappa shape index (κ2) is 7.14.